The van der Waals surface area contributed by atoms with Gasteiger partial charge in [0.25, 0.3) is 5.91 Å². The molecule has 0 saturated heterocycles. The highest BCUT2D eigenvalue weighted by Gasteiger charge is 2.29. The van der Waals surface area contributed by atoms with Gasteiger partial charge in [-0.2, -0.15) is 0 Å². The van der Waals surface area contributed by atoms with E-state index in [4.69, 9.17) is 5.11 Å². The molecule has 2 aliphatic carbocycles. The van der Waals surface area contributed by atoms with Crippen molar-refractivity contribution in [2.45, 2.75) is 103 Å². The molecule has 2 amide bonds. The van der Waals surface area contributed by atoms with Crippen molar-refractivity contribution in [3.05, 3.63) is 75.7 Å². The van der Waals surface area contributed by atoms with Crippen molar-refractivity contribution in [3.8, 4) is 11.4 Å². The smallest absolute Gasteiger partial charge is 0.322 e. The number of hydrogen-bond acceptors (Lipinski definition) is 6. The third kappa shape index (κ3) is 9.40. The van der Waals surface area contributed by atoms with Gasteiger partial charge in [-0.25, -0.2) is 9.97 Å². The Labute approximate surface area is 288 Å². The van der Waals surface area contributed by atoms with Gasteiger partial charge in [0.1, 0.15) is 12.6 Å². The van der Waals surface area contributed by atoms with Crippen LogP contribution in [0.5, 0.6) is 0 Å². The molecule has 2 heterocycles. The number of aromatic nitrogens is 2. The maximum Gasteiger partial charge on any atom is 0.322 e. The molecule has 1 fully saturated rings. The maximum atomic E-state index is 13.1. The number of nitrogens with one attached hydrogen (secondary N) is 2. The lowest BCUT2D eigenvalue weighted by Crippen LogP contribution is -2.49. The molecule has 3 N–H and O–H groups in total. The number of hydrogen-bond donors (Lipinski definition) is 3. The molecule has 0 bridgehead atoms. The van der Waals surface area contributed by atoms with Gasteiger partial charge in [-0.15, -0.1) is 11.3 Å². The molecule has 0 aliphatic heterocycles. The van der Waals surface area contributed by atoms with Gasteiger partial charge in [0.2, 0.25) is 5.91 Å². The van der Waals surface area contributed by atoms with Gasteiger partial charge in [0.05, 0.1) is 4.88 Å². The molecule has 5 rings (SSSR count). The Morgan fingerprint density at radius 2 is 1.65 bits per heavy atom. The summed E-state index contributed by atoms with van der Waals surface area (Å²) in [7, 11) is 0. The SMILES string of the molecule is CCCC1CCC(C2CC=C(c3cnc(-c4ccc(C[C@H](NC(=O)c5ccc(C(C)(C)C)s5)C(=O)NCC(=O)O)cc4)nc3)CC2)CC1. The second kappa shape index (κ2) is 16.0. The number of carboxylic acids is 1. The summed E-state index contributed by atoms with van der Waals surface area (Å²) in [6.45, 7) is 8.01. The van der Waals surface area contributed by atoms with Crippen molar-refractivity contribution in [1.82, 2.24) is 20.6 Å². The van der Waals surface area contributed by atoms with Crippen LogP contribution in [0.25, 0.3) is 17.0 Å². The Morgan fingerprint density at radius 1 is 0.938 bits per heavy atom. The molecule has 2 aliphatic rings. The van der Waals surface area contributed by atoms with Gasteiger partial charge in [-0.1, -0.05) is 83.7 Å². The van der Waals surface area contributed by atoms with Crippen molar-refractivity contribution in [1.29, 1.82) is 0 Å². The first-order valence-electron chi connectivity index (χ1n) is 17.5. The zero-order valence-electron chi connectivity index (χ0n) is 28.8. The maximum absolute atomic E-state index is 13.1. The van der Waals surface area contributed by atoms with E-state index in [9.17, 15) is 14.4 Å². The summed E-state index contributed by atoms with van der Waals surface area (Å²) >= 11 is 1.39. The predicted molar refractivity (Wildman–Crippen MR) is 192 cm³/mol. The zero-order valence-corrected chi connectivity index (χ0v) is 29.6. The molecule has 2 aromatic heterocycles. The molecule has 0 radical (unpaired) electrons. The minimum absolute atomic E-state index is 0.101. The van der Waals surface area contributed by atoms with Gasteiger partial charge in [-0.05, 0) is 78.5 Å². The standard InChI is InChI=1S/C39H50N4O4S/c1-5-6-25-7-11-27(12-8-25)28-15-17-29(18-16-28)31-22-40-36(41-23-31)30-13-9-26(10-14-30)21-32(37(46)42-24-35(44)45)43-38(47)33-19-20-34(48-33)39(2,3)4/h9-10,13-14,17,19-20,22-23,25,27-28,32H,5-8,11-12,15-16,18,21,24H2,1-4H3,(H,42,46)(H,43,47)(H,44,45)/t25?,27?,28?,32-/m0/s1. The summed E-state index contributed by atoms with van der Waals surface area (Å²) in [5, 5.41) is 14.3. The van der Waals surface area contributed by atoms with Gasteiger partial charge >= 0.3 is 5.97 Å². The number of allylic oxidation sites excluding steroid dienone is 2. The normalized spacial score (nSPS) is 20.4. The van der Waals surface area contributed by atoms with Crippen LogP contribution in [0, 0.1) is 17.8 Å². The molecule has 256 valence electrons. The van der Waals surface area contributed by atoms with E-state index in [1.54, 1.807) is 6.07 Å². The van der Waals surface area contributed by atoms with Crippen LogP contribution in [0.3, 0.4) is 0 Å². The largest absolute Gasteiger partial charge is 0.480 e. The van der Waals surface area contributed by atoms with E-state index < -0.39 is 24.5 Å². The fraction of sp³-hybridized carbons (Fsp3) is 0.513. The molecular formula is C39H50N4O4S. The number of rotatable bonds is 12. The van der Waals surface area contributed by atoms with E-state index in [1.807, 2.05) is 42.7 Å². The van der Waals surface area contributed by atoms with Gasteiger partial charge in [-0.3, -0.25) is 14.4 Å². The first-order chi connectivity index (χ1) is 23.0. The lowest BCUT2D eigenvalue weighted by Gasteiger charge is -2.35. The number of carbonyl (C=O) groups is 3. The van der Waals surface area contributed by atoms with E-state index in [0.29, 0.717) is 10.7 Å². The second-order valence-electron chi connectivity index (χ2n) is 14.6. The minimum atomic E-state index is -1.15. The number of thiophene rings is 1. The monoisotopic (exact) mass is 670 g/mol. The van der Waals surface area contributed by atoms with Crippen LogP contribution >= 0.6 is 11.3 Å². The Morgan fingerprint density at radius 3 is 2.23 bits per heavy atom. The highest BCUT2D eigenvalue weighted by molar-refractivity contribution is 7.14. The molecule has 0 spiro atoms. The van der Waals surface area contributed by atoms with E-state index in [1.165, 1.54) is 61.9 Å². The van der Waals surface area contributed by atoms with Crippen LogP contribution < -0.4 is 10.6 Å². The van der Waals surface area contributed by atoms with E-state index in [0.717, 1.165) is 52.2 Å². The van der Waals surface area contributed by atoms with Crippen molar-refractivity contribution < 1.29 is 19.5 Å². The molecule has 1 saturated carbocycles. The van der Waals surface area contributed by atoms with Crippen LogP contribution in [0.2, 0.25) is 0 Å². The van der Waals surface area contributed by atoms with E-state index in [2.05, 4.69) is 54.4 Å². The Kier molecular flexibility index (Phi) is 11.8. The van der Waals surface area contributed by atoms with Crippen LogP contribution in [-0.4, -0.2) is 45.4 Å². The third-order valence-electron chi connectivity index (χ3n) is 9.99. The Bertz CT molecular complexity index is 1580. The summed E-state index contributed by atoms with van der Waals surface area (Å²) in [4.78, 5) is 48.1. The molecule has 1 aromatic carbocycles. The zero-order chi connectivity index (χ0) is 34.3. The van der Waals surface area contributed by atoms with Crippen molar-refractivity contribution in [3.63, 3.8) is 0 Å². The Hall–Kier alpha value is -3.85. The quantitative estimate of drug-likeness (QED) is 0.181. The number of aliphatic carboxylic acids is 1. The van der Waals surface area contributed by atoms with Crippen LogP contribution in [0.1, 0.15) is 111 Å². The molecule has 9 heteroatoms. The Balaban J connectivity index is 1.19. The number of benzene rings is 1. The van der Waals surface area contributed by atoms with E-state index >= 15 is 0 Å². The third-order valence-corrected chi connectivity index (χ3v) is 11.5. The topological polar surface area (TPSA) is 121 Å². The molecule has 1 unspecified atom stereocenters. The molecule has 48 heavy (non-hydrogen) atoms. The predicted octanol–water partition coefficient (Wildman–Crippen LogP) is 7.83. The number of carboxylic acid groups (broad SMARTS) is 1. The summed E-state index contributed by atoms with van der Waals surface area (Å²) < 4.78 is 0. The summed E-state index contributed by atoms with van der Waals surface area (Å²) in [5.41, 5.74) is 4.00. The fourth-order valence-corrected chi connectivity index (χ4v) is 8.12. The average Bonchev–Trinajstić information content (AvgIpc) is 3.60. The molecule has 2 atom stereocenters. The first kappa shape index (κ1) is 35.5. The van der Waals surface area contributed by atoms with E-state index in [-0.39, 0.29) is 17.7 Å². The van der Waals surface area contributed by atoms with Crippen LogP contribution in [0.4, 0.5) is 0 Å². The first-order valence-corrected chi connectivity index (χ1v) is 18.3. The lowest BCUT2D eigenvalue weighted by molar-refractivity contribution is -0.138. The van der Waals surface area contributed by atoms with Gasteiger partial charge < -0.3 is 15.7 Å². The van der Waals surface area contributed by atoms with Crippen LogP contribution in [-0.2, 0) is 21.4 Å². The van der Waals surface area contributed by atoms with Gasteiger partial charge in [0.15, 0.2) is 5.82 Å². The van der Waals surface area contributed by atoms with Crippen LogP contribution in [0.15, 0.2) is 54.9 Å². The average molecular weight is 671 g/mol. The summed E-state index contributed by atoms with van der Waals surface area (Å²) in [5.74, 6) is 1.20. The number of amides is 2. The number of nitrogens with zero attached hydrogens (tertiary/aromatic N) is 2. The summed E-state index contributed by atoms with van der Waals surface area (Å²) in [6.07, 6.45) is 18.3. The van der Waals surface area contributed by atoms with Crippen molar-refractivity contribution in [2.24, 2.45) is 17.8 Å². The highest BCUT2D eigenvalue weighted by atomic mass is 32.1. The van der Waals surface area contributed by atoms with Gasteiger partial charge in [0, 0.05) is 34.8 Å². The number of carbonyl (C=O) groups excluding carboxylic acids is 2. The molecule has 8 nitrogen and oxygen atoms in total. The molecular weight excluding hydrogens is 621 g/mol. The van der Waals surface area contributed by atoms with Crippen molar-refractivity contribution >= 4 is 34.7 Å². The highest BCUT2D eigenvalue weighted by Crippen LogP contribution is 2.42. The van der Waals surface area contributed by atoms with Crippen molar-refractivity contribution in [2.75, 3.05) is 6.54 Å². The second-order valence-corrected chi connectivity index (χ2v) is 15.7. The molecule has 3 aromatic rings. The summed E-state index contributed by atoms with van der Waals surface area (Å²) in [6, 6.07) is 10.3. The lowest BCUT2D eigenvalue weighted by atomic mass is 9.70. The minimum Gasteiger partial charge on any atom is -0.480 e. The fourth-order valence-electron chi connectivity index (χ4n) is 7.16.